The number of carbonyl (C=O) groups excluding carboxylic acids is 1. The normalized spacial score (nSPS) is 10.8. The fraction of sp³-hybridized carbons (Fsp3) is 0.375. The molecule has 0 fully saturated rings. The Balaban J connectivity index is 2.93. The van der Waals surface area contributed by atoms with Gasteiger partial charge in [-0.25, -0.2) is 4.79 Å². The molecule has 0 aromatic heterocycles. The molecule has 0 amide bonds. The van der Waals surface area contributed by atoms with Crippen LogP contribution in [0, 0.1) is 11.3 Å². The van der Waals surface area contributed by atoms with Crippen LogP contribution < -0.4 is 4.90 Å². The molecule has 0 bridgehead atoms. The molecule has 20 heavy (non-hydrogen) atoms. The largest absolute Gasteiger partial charge is 0.462 e. The van der Waals surface area contributed by atoms with Crippen LogP contribution in [-0.2, 0) is 9.53 Å². The summed E-state index contributed by atoms with van der Waals surface area (Å²) in [5.74, 6) is -0.581. The summed E-state index contributed by atoms with van der Waals surface area (Å²) < 4.78 is 4.83. The van der Waals surface area contributed by atoms with Crippen molar-refractivity contribution in [3.63, 3.8) is 0 Å². The number of esters is 1. The molecule has 1 aromatic carbocycles. The van der Waals surface area contributed by atoms with Crippen LogP contribution >= 0.6 is 0 Å². The van der Waals surface area contributed by atoms with Crippen LogP contribution in [0.1, 0.15) is 26.3 Å². The van der Waals surface area contributed by atoms with E-state index in [2.05, 4.69) is 18.7 Å². The van der Waals surface area contributed by atoms with Crippen LogP contribution in [0.3, 0.4) is 0 Å². The zero-order valence-corrected chi connectivity index (χ0v) is 12.2. The minimum absolute atomic E-state index is 0.0161. The van der Waals surface area contributed by atoms with E-state index in [1.807, 2.05) is 30.3 Å². The van der Waals surface area contributed by atoms with Crippen LogP contribution in [0.25, 0.3) is 6.08 Å². The van der Waals surface area contributed by atoms with E-state index in [9.17, 15) is 4.79 Å². The van der Waals surface area contributed by atoms with Gasteiger partial charge in [-0.2, -0.15) is 5.26 Å². The summed E-state index contributed by atoms with van der Waals surface area (Å²) in [6.07, 6.45) is 1.55. The molecular weight excluding hydrogens is 252 g/mol. The summed E-state index contributed by atoms with van der Waals surface area (Å²) in [6.45, 7) is 8.07. The Bertz CT molecular complexity index is 508. The molecule has 0 aliphatic rings. The van der Waals surface area contributed by atoms with E-state index >= 15 is 0 Å². The van der Waals surface area contributed by atoms with Crippen LogP contribution in [0.5, 0.6) is 0 Å². The summed E-state index contributed by atoms with van der Waals surface area (Å²) in [7, 11) is 0. The van der Waals surface area contributed by atoms with Crippen molar-refractivity contribution in [2.75, 3.05) is 24.6 Å². The van der Waals surface area contributed by atoms with E-state index in [4.69, 9.17) is 10.00 Å². The lowest BCUT2D eigenvalue weighted by molar-refractivity contribution is -0.137. The topological polar surface area (TPSA) is 53.3 Å². The Hall–Kier alpha value is -2.28. The van der Waals surface area contributed by atoms with Crippen molar-refractivity contribution >= 4 is 17.7 Å². The van der Waals surface area contributed by atoms with E-state index in [1.165, 1.54) is 0 Å². The first-order valence-corrected chi connectivity index (χ1v) is 6.80. The summed E-state index contributed by atoms with van der Waals surface area (Å²) in [4.78, 5) is 13.8. The molecule has 0 heterocycles. The Kier molecular flexibility index (Phi) is 6.31. The first kappa shape index (κ1) is 15.8. The fourth-order valence-electron chi connectivity index (χ4n) is 1.88. The number of hydrogen-bond donors (Lipinski definition) is 0. The Labute approximate surface area is 120 Å². The van der Waals surface area contributed by atoms with Gasteiger partial charge >= 0.3 is 5.97 Å². The van der Waals surface area contributed by atoms with Crippen LogP contribution in [0.2, 0.25) is 0 Å². The highest BCUT2D eigenvalue weighted by Crippen LogP contribution is 2.16. The quantitative estimate of drug-likeness (QED) is 0.454. The average Bonchev–Trinajstić information content (AvgIpc) is 2.47. The van der Waals surface area contributed by atoms with E-state index in [0.29, 0.717) is 0 Å². The predicted molar refractivity (Wildman–Crippen MR) is 80.2 cm³/mol. The molecule has 0 aliphatic heterocycles. The molecule has 0 saturated carbocycles. The lowest BCUT2D eigenvalue weighted by Gasteiger charge is -2.20. The number of carbonyl (C=O) groups is 1. The number of hydrogen-bond acceptors (Lipinski definition) is 4. The van der Waals surface area contributed by atoms with Gasteiger partial charge in [0.25, 0.3) is 0 Å². The van der Waals surface area contributed by atoms with Crippen LogP contribution in [-0.4, -0.2) is 25.7 Å². The Morgan fingerprint density at radius 2 is 1.85 bits per heavy atom. The molecule has 0 atom stereocenters. The smallest absolute Gasteiger partial charge is 0.348 e. The lowest BCUT2D eigenvalue weighted by atomic mass is 10.1. The van der Waals surface area contributed by atoms with E-state index < -0.39 is 5.97 Å². The van der Waals surface area contributed by atoms with Crippen molar-refractivity contribution in [3.8, 4) is 6.07 Å². The highest BCUT2D eigenvalue weighted by Gasteiger charge is 2.09. The van der Waals surface area contributed by atoms with Gasteiger partial charge in [-0.15, -0.1) is 0 Å². The molecular formula is C16H20N2O2. The molecule has 0 aliphatic carbocycles. The zero-order chi connectivity index (χ0) is 15.0. The third kappa shape index (κ3) is 4.13. The van der Waals surface area contributed by atoms with Gasteiger partial charge in [0.2, 0.25) is 0 Å². The number of anilines is 1. The second-order valence-corrected chi connectivity index (χ2v) is 4.15. The van der Waals surface area contributed by atoms with Crippen molar-refractivity contribution in [2.24, 2.45) is 0 Å². The van der Waals surface area contributed by atoms with E-state index in [-0.39, 0.29) is 12.2 Å². The lowest BCUT2D eigenvalue weighted by Crippen LogP contribution is -2.21. The number of rotatable bonds is 6. The Morgan fingerprint density at radius 1 is 1.25 bits per heavy atom. The number of nitrogens with zero attached hydrogens (tertiary/aromatic N) is 2. The molecule has 0 spiro atoms. The third-order valence-corrected chi connectivity index (χ3v) is 2.95. The number of ether oxygens (including phenoxy) is 1. The molecule has 1 aromatic rings. The first-order chi connectivity index (χ1) is 9.65. The van der Waals surface area contributed by atoms with Gasteiger partial charge in [-0.05, 0) is 44.5 Å². The molecule has 4 heteroatoms. The van der Waals surface area contributed by atoms with E-state index in [1.54, 1.807) is 13.0 Å². The maximum atomic E-state index is 11.5. The van der Waals surface area contributed by atoms with Crippen molar-refractivity contribution in [1.82, 2.24) is 0 Å². The van der Waals surface area contributed by atoms with E-state index in [0.717, 1.165) is 24.3 Å². The molecule has 106 valence electrons. The first-order valence-electron chi connectivity index (χ1n) is 6.80. The van der Waals surface area contributed by atoms with Crippen molar-refractivity contribution < 1.29 is 9.53 Å². The highest BCUT2D eigenvalue weighted by atomic mass is 16.5. The number of benzene rings is 1. The summed E-state index contributed by atoms with van der Waals surface area (Å²) >= 11 is 0. The maximum Gasteiger partial charge on any atom is 0.348 e. The molecule has 0 unspecified atom stereocenters. The predicted octanol–water partition coefficient (Wildman–Crippen LogP) is 3.00. The minimum Gasteiger partial charge on any atom is -0.462 e. The van der Waals surface area contributed by atoms with Crippen LogP contribution in [0.15, 0.2) is 29.8 Å². The second-order valence-electron chi connectivity index (χ2n) is 4.15. The summed E-state index contributed by atoms with van der Waals surface area (Å²) in [5.41, 5.74) is 1.95. The molecule has 0 saturated heterocycles. The van der Waals surface area contributed by atoms with Gasteiger partial charge in [0.1, 0.15) is 11.6 Å². The average molecular weight is 272 g/mol. The highest BCUT2D eigenvalue weighted by molar-refractivity contribution is 5.97. The van der Waals surface area contributed by atoms with Gasteiger partial charge in [0.15, 0.2) is 0 Å². The maximum absolute atomic E-state index is 11.5. The zero-order valence-electron chi connectivity index (χ0n) is 12.2. The van der Waals surface area contributed by atoms with Gasteiger partial charge in [0, 0.05) is 18.8 Å². The standard InChI is InChI=1S/C16H20N2O2/c1-4-18(5-2)15-9-7-13(8-10-15)11-14(12-17)16(19)20-6-3/h7-11H,4-6H2,1-3H3. The summed E-state index contributed by atoms with van der Waals surface area (Å²) in [6, 6.07) is 9.63. The monoisotopic (exact) mass is 272 g/mol. The van der Waals surface area contributed by atoms with Gasteiger partial charge in [0.05, 0.1) is 6.61 Å². The van der Waals surface area contributed by atoms with Gasteiger partial charge < -0.3 is 9.64 Å². The SMILES string of the molecule is CCOC(=O)C(C#N)=Cc1ccc(N(CC)CC)cc1. The second kappa shape index (κ2) is 8.00. The fourth-order valence-corrected chi connectivity index (χ4v) is 1.88. The third-order valence-electron chi connectivity index (χ3n) is 2.95. The molecule has 1 rings (SSSR count). The molecule has 0 N–H and O–H groups in total. The molecule has 4 nitrogen and oxygen atoms in total. The van der Waals surface area contributed by atoms with Gasteiger partial charge in [-0.1, -0.05) is 12.1 Å². The summed E-state index contributed by atoms with van der Waals surface area (Å²) in [5, 5.41) is 8.98. The number of nitriles is 1. The minimum atomic E-state index is -0.581. The van der Waals surface area contributed by atoms with Crippen molar-refractivity contribution in [1.29, 1.82) is 5.26 Å². The Morgan fingerprint density at radius 3 is 2.30 bits per heavy atom. The van der Waals surface area contributed by atoms with Crippen molar-refractivity contribution in [3.05, 3.63) is 35.4 Å². The molecule has 0 radical (unpaired) electrons. The van der Waals surface area contributed by atoms with Crippen molar-refractivity contribution in [2.45, 2.75) is 20.8 Å². The van der Waals surface area contributed by atoms with Crippen LogP contribution in [0.4, 0.5) is 5.69 Å². The van der Waals surface area contributed by atoms with Gasteiger partial charge in [-0.3, -0.25) is 0 Å².